The van der Waals surface area contributed by atoms with E-state index in [2.05, 4.69) is 32.9 Å². The van der Waals surface area contributed by atoms with Crippen molar-refractivity contribution < 1.29 is 14.3 Å². The Hall–Kier alpha value is -2.01. The summed E-state index contributed by atoms with van der Waals surface area (Å²) in [4.78, 5) is 11.4. The summed E-state index contributed by atoms with van der Waals surface area (Å²) >= 11 is 3.52. The maximum absolute atomic E-state index is 11.4. The van der Waals surface area contributed by atoms with E-state index >= 15 is 0 Å². The van der Waals surface area contributed by atoms with Gasteiger partial charge in [0.05, 0.1) is 17.3 Å². The zero-order valence-electron chi connectivity index (χ0n) is 12.6. The van der Waals surface area contributed by atoms with Gasteiger partial charge in [-0.25, -0.2) is 4.79 Å². The van der Waals surface area contributed by atoms with Crippen LogP contribution in [0.4, 0.5) is 10.5 Å². The Kier molecular flexibility index (Phi) is 5.83. The van der Waals surface area contributed by atoms with Crippen LogP contribution in [-0.4, -0.2) is 13.2 Å². The molecule has 116 valence electrons. The zero-order valence-corrected chi connectivity index (χ0v) is 14.1. The summed E-state index contributed by atoms with van der Waals surface area (Å²) < 4.78 is 11.4. The van der Waals surface area contributed by atoms with Crippen molar-refractivity contribution in [1.29, 1.82) is 0 Å². The molecule has 5 heteroatoms. The van der Waals surface area contributed by atoms with E-state index in [4.69, 9.17) is 4.74 Å². The smallest absolute Gasteiger partial charge is 0.411 e. The van der Waals surface area contributed by atoms with Gasteiger partial charge in [0.15, 0.2) is 0 Å². The van der Waals surface area contributed by atoms with E-state index in [9.17, 15) is 4.79 Å². The van der Waals surface area contributed by atoms with Crippen LogP contribution in [0.25, 0.3) is 0 Å². The zero-order chi connectivity index (χ0) is 15.9. The lowest BCUT2D eigenvalue weighted by molar-refractivity contribution is 0.187. The van der Waals surface area contributed by atoms with Gasteiger partial charge in [0.2, 0.25) is 0 Å². The van der Waals surface area contributed by atoms with Crippen molar-refractivity contribution in [3.63, 3.8) is 0 Å². The fraction of sp³-hybridized carbons (Fsp3) is 0.235. The number of aryl methyl sites for hydroxylation is 1. The van der Waals surface area contributed by atoms with Crippen LogP contribution in [-0.2, 0) is 17.8 Å². The quantitative estimate of drug-likeness (QED) is 0.832. The van der Waals surface area contributed by atoms with E-state index in [1.54, 1.807) is 0 Å². The average Bonchev–Trinajstić information content (AvgIpc) is 2.54. The number of methoxy groups -OCH3 is 1. The summed E-state index contributed by atoms with van der Waals surface area (Å²) in [6, 6.07) is 13.5. The fourth-order valence-electron chi connectivity index (χ4n) is 1.97. The summed E-state index contributed by atoms with van der Waals surface area (Å²) in [5.41, 5.74) is 2.79. The van der Waals surface area contributed by atoms with E-state index in [0.717, 1.165) is 22.2 Å². The maximum atomic E-state index is 11.4. The van der Waals surface area contributed by atoms with Gasteiger partial charge in [0, 0.05) is 5.56 Å². The van der Waals surface area contributed by atoms with Crippen LogP contribution in [0.5, 0.6) is 5.75 Å². The van der Waals surface area contributed by atoms with E-state index in [1.807, 2.05) is 42.5 Å². The standard InChI is InChI=1S/C17H18BrNO3/c1-3-12-8-9-16(14(18)10-12)22-11-13-6-4-5-7-15(13)19-17(20)21-2/h4-10H,3,11H2,1-2H3,(H,19,20). The maximum Gasteiger partial charge on any atom is 0.411 e. The molecule has 0 aliphatic carbocycles. The molecule has 4 nitrogen and oxygen atoms in total. The number of halogens is 1. The Morgan fingerprint density at radius 3 is 2.68 bits per heavy atom. The summed E-state index contributed by atoms with van der Waals surface area (Å²) in [5.74, 6) is 0.769. The Morgan fingerprint density at radius 1 is 1.23 bits per heavy atom. The summed E-state index contributed by atoms with van der Waals surface area (Å²) in [7, 11) is 1.33. The highest BCUT2D eigenvalue weighted by Gasteiger charge is 2.08. The van der Waals surface area contributed by atoms with E-state index in [0.29, 0.717) is 12.3 Å². The lowest BCUT2D eigenvalue weighted by atomic mass is 10.1. The second kappa shape index (κ2) is 7.84. The van der Waals surface area contributed by atoms with E-state index < -0.39 is 6.09 Å². The van der Waals surface area contributed by atoms with Crippen molar-refractivity contribution in [3.05, 3.63) is 58.1 Å². The highest BCUT2D eigenvalue weighted by atomic mass is 79.9. The molecule has 0 saturated heterocycles. The highest BCUT2D eigenvalue weighted by molar-refractivity contribution is 9.10. The molecule has 0 bridgehead atoms. The SMILES string of the molecule is CCc1ccc(OCc2ccccc2NC(=O)OC)c(Br)c1. The molecule has 22 heavy (non-hydrogen) atoms. The number of ether oxygens (including phenoxy) is 2. The van der Waals surface area contributed by atoms with Gasteiger partial charge in [-0.1, -0.05) is 31.2 Å². The normalized spacial score (nSPS) is 10.1. The Morgan fingerprint density at radius 2 is 2.00 bits per heavy atom. The molecular formula is C17H18BrNO3. The number of carbonyl (C=O) groups is 1. The topological polar surface area (TPSA) is 47.6 Å². The third-order valence-corrected chi connectivity index (χ3v) is 3.85. The second-order valence-corrected chi connectivity index (χ2v) is 5.54. The molecule has 0 aliphatic rings. The van der Waals surface area contributed by atoms with Gasteiger partial charge in [-0.3, -0.25) is 5.32 Å². The molecule has 1 amide bonds. The van der Waals surface area contributed by atoms with Crippen LogP contribution in [0.3, 0.4) is 0 Å². The minimum Gasteiger partial charge on any atom is -0.488 e. The van der Waals surface area contributed by atoms with Crippen molar-refractivity contribution >= 4 is 27.7 Å². The number of amides is 1. The third-order valence-electron chi connectivity index (χ3n) is 3.23. The number of para-hydroxylation sites is 1. The largest absolute Gasteiger partial charge is 0.488 e. The number of rotatable bonds is 5. The molecule has 0 aromatic heterocycles. The molecule has 0 spiro atoms. The van der Waals surface area contributed by atoms with Gasteiger partial charge in [-0.05, 0) is 46.1 Å². The predicted molar refractivity (Wildman–Crippen MR) is 90.3 cm³/mol. The van der Waals surface area contributed by atoms with Gasteiger partial charge < -0.3 is 9.47 Å². The Balaban J connectivity index is 2.10. The first-order valence-electron chi connectivity index (χ1n) is 6.98. The first-order valence-corrected chi connectivity index (χ1v) is 7.77. The fourth-order valence-corrected chi connectivity index (χ4v) is 2.51. The molecule has 2 rings (SSSR count). The number of hydrogen-bond donors (Lipinski definition) is 1. The molecule has 0 atom stereocenters. The number of hydrogen-bond acceptors (Lipinski definition) is 3. The molecule has 2 aromatic carbocycles. The number of nitrogens with one attached hydrogen (secondary N) is 1. The van der Waals surface area contributed by atoms with Crippen molar-refractivity contribution in [3.8, 4) is 5.75 Å². The van der Waals surface area contributed by atoms with E-state index in [-0.39, 0.29) is 0 Å². The number of carbonyl (C=O) groups excluding carboxylic acids is 1. The highest BCUT2D eigenvalue weighted by Crippen LogP contribution is 2.28. The molecule has 0 radical (unpaired) electrons. The molecule has 0 saturated carbocycles. The van der Waals surface area contributed by atoms with Gasteiger partial charge in [-0.2, -0.15) is 0 Å². The predicted octanol–water partition coefficient (Wildman–Crippen LogP) is 4.77. The summed E-state index contributed by atoms with van der Waals surface area (Å²) in [5, 5.41) is 2.68. The minimum absolute atomic E-state index is 0.351. The number of anilines is 1. The molecule has 0 aliphatic heterocycles. The van der Waals surface area contributed by atoms with Crippen LogP contribution < -0.4 is 10.1 Å². The lowest BCUT2D eigenvalue weighted by Gasteiger charge is -2.13. The van der Waals surface area contributed by atoms with Gasteiger partial charge >= 0.3 is 6.09 Å². The van der Waals surface area contributed by atoms with E-state index in [1.165, 1.54) is 12.7 Å². The average molecular weight is 364 g/mol. The van der Waals surface area contributed by atoms with Gasteiger partial charge in [-0.15, -0.1) is 0 Å². The van der Waals surface area contributed by atoms with Crippen molar-refractivity contribution in [2.24, 2.45) is 0 Å². The molecule has 2 aromatic rings. The molecule has 0 heterocycles. The van der Waals surface area contributed by atoms with Crippen molar-refractivity contribution in [1.82, 2.24) is 0 Å². The minimum atomic E-state index is -0.499. The van der Waals surface area contributed by atoms with Crippen LogP contribution in [0, 0.1) is 0 Å². The first-order chi connectivity index (χ1) is 10.6. The van der Waals surface area contributed by atoms with Crippen LogP contribution in [0.15, 0.2) is 46.9 Å². The Bertz CT molecular complexity index is 658. The Labute approximate surface area is 138 Å². The van der Waals surface area contributed by atoms with Crippen LogP contribution >= 0.6 is 15.9 Å². The first kappa shape index (κ1) is 16.4. The molecule has 0 fully saturated rings. The molecular weight excluding hydrogens is 346 g/mol. The summed E-state index contributed by atoms with van der Waals surface area (Å²) in [6.45, 7) is 2.46. The van der Waals surface area contributed by atoms with Crippen LogP contribution in [0.2, 0.25) is 0 Å². The monoisotopic (exact) mass is 363 g/mol. The van der Waals surface area contributed by atoms with Crippen molar-refractivity contribution in [2.45, 2.75) is 20.0 Å². The van der Waals surface area contributed by atoms with Crippen LogP contribution in [0.1, 0.15) is 18.1 Å². The van der Waals surface area contributed by atoms with Gasteiger partial charge in [0.1, 0.15) is 12.4 Å². The third kappa shape index (κ3) is 4.24. The molecule has 0 unspecified atom stereocenters. The molecule has 1 N–H and O–H groups in total. The second-order valence-electron chi connectivity index (χ2n) is 4.68. The van der Waals surface area contributed by atoms with Crippen molar-refractivity contribution in [2.75, 3.05) is 12.4 Å². The lowest BCUT2D eigenvalue weighted by Crippen LogP contribution is -2.13. The van der Waals surface area contributed by atoms with Gasteiger partial charge in [0.25, 0.3) is 0 Å². The summed E-state index contributed by atoms with van der Waals surface area (Å²) in [6.07, 6.45) is 0.478. The number of benzene rings is 2.